The lowest BCUT2D eigenvalue weighted by Crippen LogP contribution is -2.30. The van der Waals surface area contributed by atoms with Gasteiger partial charge in [0.25, 0.3) is 0 Å². The summed E-state index contributed by atoms with van der Waals surface area (Å²) in [5.74, 6) is 0.0106. The molecule has 0 bridgehead atoms. The Morgan fingerprint density at radius 3 is 2.50 bits per heavy atom. The molecule has 0 saturated carbocycles. The van der Waals surface area contributed by atoms with Gasteiger partial charge < -0.3 is 10.2 Å². The van der Waals surface area contributed by atoms with Gasteiger partial charge in [-0.2, -0.15) is 0 Å². The average Bonchev–Trinajstić information content (AvgIpc) is 3.22. The van der Waals surface area contributed by atoms with Gasteiger partial charge >= 0.3 is 0 Å². The van der Waals surface area contributed by atoms with E-state index in [9.17, 15) is 4.79 Å². The third-order valence-corrected chi connectivity index (χ3v) is 5.33. The number of carbonyl (C=O) groups is 1. The monoisotopic (exact) mass is 373 g/mol. The molecule has 144 valence electrons. The Bertz CT molecular complexity index is 963. The number of benzene rings is 3. The first-order valence-corrected chi connectivity index (χ1v) is 9.99. The quantitative estimate of drug-likeness (QED) is 0.690. The van der Waals surface area contributed by atoms with E-state index in [0.717, 1.165) is 30.7 Å². The van der Waals surface area contributed by atoms with E-state index in [-0.39, 0.29) is 5.91 Å². The first-order chi connectivity index (χ1) is 13.7. The van der Waals surface area contributed by atoms with Gasteiger partial charge in [-0.25, -0.2) is 0 Å². The number of carbonyl (C=O) groups excluding carboxylic acids is 1. The Hall–Kier alpha value is -2.85. The van der Waals surface area contributed by atoms with Gasteiger partial charge in [0.15, 0.2) is 0 Å². The maximum absolute atomic E-state index is 12.5. The number of amides is 1. The van der Waals surface area contributed by atoms with Crippen LogP contribution in [0.4, 0.5) is 11.4 Å². The van der Waals surface area contributed by atoms with Crippen LogP contribution in [0.2, 0.25) is 0 Å². The molecule has 3 aromatic rings. The highest BCUT2D eigenvalue weighted by molar-refractivity contribution is 5.95. The van der Waals surface area contributed by atoms with Crippen LogP contribution in [-0.2, 0) is 11.3 Å². The summed E-state index contributed by atoms with van der Waals surface area (Å²) in [5, 5.41) is 5.34. The van der Waals surface area contributed by atoms with Gasteiger partial charge in [-0.15, -0.1) is 0 Å². The van der Waals surface area contributed by atoms with Gasteiger partial charge in [-0.1, -0.05) is 48.5 Å². The van der Waals surface area contributed by atoms with Crippen molar-refractivity contribution in [2.24, 2.45) is 0 Å². The number of anilines is 2. The maximum atomic E-state index is 12.5. The van der Waals surface area contributed by atoms with Crippen molar-refractivity contribution < 1.29 is 4.79 Å². The molecule has 1 N–H and O–H groups in total. The Balaban J connectivity index is 1.38. The molecule has 4 nitrogen and oxygen atoms in total. The van der Waals surface area contributed by atoms with E-state index in [1.165, 1.54) is 29.5 Å². The number of nitrogens with zero attached hydrogens (tertiary/aromatic N) is 2. The second-order valence-electron chi connectivity index (χ2n) is 7.61. The first kappa shape index (κ1) is 18.5. The predicted molar refractivity (Wildman–Crippen MR) is 117 cm³/mol. The molecule has 4 heteroatoms. The normalized spacial score (nSPS) is 14.0. The second-order valence-corrected chi connectivity index (χ2v) is 7.61. The molecule has 0 aliphatic carbocycles. The predicted octanol–water partition coefficient (Wildman–Crippen LogP) is 4.51. The molecule has 1 saturated heterocycles. The van der Waals surface area contributed by atoms with Crippen molar-refractivity contribution in [1.29, 1.82) is 0 Å². The zero-order chi connectivity index (χ0) is 19.3. The average molecular weight is 374 g/mol. The molecule has 0 unspecified atom stereocenters. The summed E-state index contributed by atoms with van der Waals surface area (Å²) in [6.07, 6.45) is 2.52. The number of likely N-dealkylation sites (N-methyl/N-ethyl adjacent to an activating group) is 1. The molecule has 1 amide bonds. The highest BCUT2D eigenvalue weighted by Gasteiger charge is 2.16. The van der Waals surface area contributed by atoms with Crippen molar-refractivity contribution in [3.05, 3.63) is 72.3 Å². The molecule has 0 aromatic heterocycles. The summed E-state index contributed by atoms with van der Waals surface area (Å²) >= 11 is 0. The molecular formula is C24H27N3O. The minimum Gasteiger partial charge on any atom is -0.371 e. The van der Waals surface area contributed by atoms with Crippen LogP contribution in [0.1, 0.15) is 18.4 Å². The SMILES string of the molecule is CN(CC(=O)Nc1ccc2ccccc2c1)Cc1ccccc1N1CCCC1. The second kappa shape index (κ2) is 8.44. The van der Waals surface area contributed by atoms with E-state index in [1.807, 2.05) is 37.4 Å². The first-order valence-electron chi connectivity index (χ1n) is 9.99. The van der Waals surface area contributed by atoms with Gasteiger partial charge in [0.2, 0.25) is 5.91 Å². The fourth-order valence-electron chi connectivity index (χ4n) is 3.97. The molecule has 1 aliphatic rings. The van der Waals surface area contributed by atoms with Gasteiger partial charge in [0, 0.05) is 31.0 Å². The van der Waals surface area contributed by atoms with Gasteiger partial charge in [-0.05, 0) is 54.4 Å². The Morgan fingerprint density at radius 2 is 1.68 bits per heavy atom. The summed E-state index contributed by atoms with van der Waals surface area (Å²) < 4.78 is 0. The zero-order valence-electron chi connectivity index (χ0n) is 16.4. The molecule has 0 atom stereocenters. The molecule has 1 fully saturated rings. The summed E-state index contributed by atoms with van der Waals surface area (Å²) in [7, 11) is 2.00. The molecule has 4 rings (SSSR count). The van der Waals surface area contributed by atoms with Crippen molar-refractivity contribution in [2.75, 3.05) is 36.9 Å². The van der Waals surface area contributed by atoms with E-state index < -0.39 is 0 Å². The molecule has 1 heterocycles. The number of nitrogens with one attached hydrogen (secondary N) is 1. The van der Waals surface area contributed by atoms with Crippen molar-refractivity contribution in [3.8, 4) is 0 Å². The fraction of sp³-hybridized carbons (Fsp3) is 0.292. The van der Waals surface area contributed by atoms with Gasteiger partial charge in [-0.3, -0.25) is 9.69 Å². The van der Waals surface area contributed by atoms with Crippen molar-refractivity contribution >= 4 is 28.1 Å². The number of hydrogen-bond acceptors (Lipinski definition) is 3. The van der Waals surface area contributed by atoms with Crippen LogP contribution in [0.5, 0.6) is 0 Å². The summed E-state index contributed by atoms with van der Waals surface area (Å²) in [6, 6.07) is 22.8. The minimum absolute atomic E-state index is 0.0106. The number of hydrogen-bond donors (Lipinski definition) is 1. The van der Waals surface area contributed by atoms with Crippen LogP contribution in [0, 0.1) is 0 Å². The number of rotatable bonds is 6. The van der Waals surface area contributed by atoms with Crippen LogP contribution in [-0.4, -0.2) is 37.5 Å². The van der Waals surface area contributed by atoms with Gasteiger partial charge in [0.1, 0.15) is 0 Å². The van der Waals surface area contributed by atoms with Crippen molar-refractivity contribution in [1.82, 2.24) is 4.90 Å². The third-order valence-electron chi connectivity index (χ3n) is 5.33. The standard InChI is InChI=1S/C24H27N3O/c1-26(17-21-10-4-5-11-23(21)27-14-6-7-15-27)18-24(28)25-22-13-12-19-8-2-3-9-20(19)16-22/h2-5,8-13,16H,6-7,14-15,17-18H2,1H3,(H,25,28). The summed E-state index contributed by atoms with van der Waals surface area (Å²) in [6.45, 7) is 3.38. The topological polar surface area (TPSA) is 35.6 Å². The Morgan fingerprint density at radius 1 is 0.964 bits per heavy atom. The highest BCUT2D eigenvalue weighted by Crippen LogP contribution is 2.25. The van der Waals surface area contributed by atoms with Crippen LogP contribution >= 0.6 is 0 Å². The molecule has 0 radical (unpaired) electrons. The summed E-state index contributed by atoms with van der Waals surface area (Å²) in [5.41, 5.74) is 3.43. The Labute approximate surface area is 166 Å². The van der Waals surface area contributed by atoms with Crippen LogP contribution < -0.4 is 10.2 Å². The lowest BCUT2D eigenvalue weighted by atomic mass is 10.1. The highest BCUT2D eigenvalue weighted by atomic mass is 16.2. The molecule has 1 aliphatic heterocycles. The molecule has 28 heavy (non-hydrogen) atoms. The van der Waals surface area contributed by atoms with E-state index in [0.29, 0.717) is 6.54 Å². The smallest absolute Gasteiger partial charge is 0.238 e. The lowest BCUT2D eigenvalue weighted by molar-refractivity contribution is -0.117. The fourth-order valence-corrected chi connectivity index (χ4v) is 3.97. The largest absolute Gasteiger partial charge is 0.371 e. The molecule has 3 aromatic carbocycles. The lowest BCUT2D eigenvalue weighted by Gasteiger charge is -2.24. The number of fused-ring (bicyclic) bond motifs is 1. The van der Waals surface area contributed by atoms with Crippen LogP contribution in [0.25, 0.3) is 10.8 Å². The van der Waals surface area contributed by atoms with Crippen molar-refractivity contribution in [2.45, 2.75) is 19.4 Å². The van der Waals surface area contributed by atoms with E-state index in [4.69, 9.17) is 0 Å². The van der Waals surface area contributed by atoms with Crippen LogP contribution in [0.15, 0.2) is 66.7 Å². The van der Waals surface area contributed by atoms with Crippen molar-refractivity contribution in [3.63, 3.8) is 0 Å². The molecular weight excluding hydrogens is 346 g/mol. The molecule has 0 spiro atoms. The maximum Gasteiger partial charge on any atom is 0.238 e. The van der Waals surface area contributed by atoms with Gasteiger partial charge in [0.05, 0.1) is 6.54 Å². The Kier molecular flexibility index (Phi) is 5.58. The van der Waals surface area contributed by atoms with Crippen LogP contribution in [0.3, 0.4) is 0 Å². The minimum atomic E-state index is 0.0106. The number of para-hydroxylation sites is 1. The zero-order valence-corrected chi connectivity index (χ0v) is 16.4. The third kappa shape index (κ3) is 4.34. The van der Waals surface area contributed by atoms with E-state index >= 15 is 0 Å². The van der Waals surface area contributed by atoms with E-state index in [2.05, 4.69) is 51.5 Å². The summed E-state index contributed by atoms with van der Waals surface area (Å²) in [4.78, 5) is 17.1. The van der Waals surface area contributed by atoms with E-state index in [1.54, 1.807) is 0 Å².